The Morgan fingerprint density at radius 1 is 1.18 bits per heavy atom. The fourth-order valence-electron chi connectivity index (χ4n) is 1.09. The quantitative estimate of drug-likeness (QED) is 0.436. The van der Waals surface area contributed by atoms with Crippen molar-refractivity contribution in [3.05, 3.63) is 0 Å². The minimum atomic E-state index is -1.48. The highest BCUT2D eigenvalue weighted by molar-refractivity contribution is 5.81. The van der Waals surface area contributed by atoms with Crippen LogP contribution in [0.5, 0.6) is 0 Å². The van der Waals surface area contributed by atoms with Crippen molar-refractivity contribution in [1.82, 2.24) is 0 Å². The zero-order valence-corrected chi connectivity index (χ0v) is 9.16. The second-order valence-corrected chi connectivity index (χ2v) is 3.94. The summed E-state index contributed by atoms with van der Waals surface area (Å²) in [5.74, 6) is -1.48. The van der Waals surface area contributed by atoms with E-state index < -0.39 is 24.5 Å². The van der Waals surface area contributed by atoms with Crippen molar-refractivity contribution in [2.24, 2.45) is 0 Å². The topological polar surface area (TPSA) is 97.9 Å². The zero-order chi connectivity index (χ0) is 12.3. The zero-order valence-electron chi connectivity index (χ0n) is 9.16. The molecule has 96 valence electrons. The van der Waals surface area contributed by atoms with Crippen molar-refractivity contribution in [3.8, 4) is 0 Å². The van der Waals surface area contributed by atoms with E-state index in [4.69, 9.17) is 18.9 Å². The largest absolute Gasteiger partial charge is 0.463 e. The first kappa shape index (κ1) is 12.3. The molecule has 3 atom stereocenters. The average Bonchev–Trinajstić information content (AvgIpc) is 3.16. The second kappa shape index (κ2) is 5.44. The molecule has 0 bridgehead atoms. The van der Waals surface area contributed by atoms with Gasteiger partial charge in [-0.15, -0.1) is 0 Å². The number of ether oxygens (including phenoxy) is 4. The third-order valence-electron chi connectivity index (χ3n) is 2.28. The van der Waals surface area contributed by atoms with Gasteiger partial charge in [0.25, 0.3) is 0 Å². The van der Waals surface area contributed by atoms with Crippen molar-refractivity contribution in [2.75, 3.05) is 26.4 Å². The molecule has 0 spiro atoms. The molecule has 2 aliphatic rings. The molecule has 7 heteroatoms. The third-order valence-corrected chi connectivity index (χ3v) is 2.28. The molecule has 2 saturated heterocycles. The number of hydrogen-bond acceptors (Lipinski definition) is 7. The fraction of sp³-hybridized carbons (Fsp3) is 0.800. The number of aliphatic hydroxyl groups excluding tert-OH is 1. The van der Waals surface area contributed by atoms with E-state index in [9.17, 15) is 14.7 Å². The Kier molecular flexibility index (Phi) is 3.93. The van der Waals surface area contributed by atoms with E-state index in [0.717, 1.165) is 0 Å². The van der Waals surface area contributed by atoms with Crippen LogP contribution in [0, 0.1) is 0 Å². The van der Waals surface area contributed by atoms with Crippen LogP contribution in [0.25, 0.3) is 0 Å². The molecule has 0 saturated carbocycles. The monoisotopic (exact) mass is 246 g/mol. The van der Waals surface area contributed by atoms with Crippen LogP contribution in [0.15, 0.2) is 0 Å². The summed E-state index contributed by atoms with van der Waals surface area (Å²) >= 11 is 0. The number of esters is 2. The Bertz CT molecular complexity index is 295. The summed E-state index contributed by atoms with van der Waals surface area (Å²) < 4.78 is 19.2. The van der Waals surface area contributed by atoms with Gasteiger partial charge in [-0.1, -0.05) is 0 Å². The molecule has 17 heavy (non-hydrogen) atoms. The van der Waals surface area contributed by atoms with Crippen molar-refractivity contribution >= 4 is 11.9 Å². The first-order valence-electron chi connectivity index (χ1n) is 5.38. The molecule has 7 nitrogen and oxygen atoms in total. The molecule has 2 aliphatic heterocycles. The van der Waals surface area contributed by atoms with E-state index >= 15 is 0 Å². The Hall–Kier alpha value is -1.18. The lowest BCUT2D eigenvalue weighted by Gasteiger charge is -2.09. The van der Waals surface area contributed by atoms with Crippen LogP contribution in [-0.2, 0) is 28.5 Å². The van der Waals surface area contributed by atoms with Gasteiger partial charge in [0.05, 0.1) is 19.6 Å². The molecule has 0 aromatic rings. The Labute approximate surface area is 97.6 Å². The van der Waals surface area contributed by atoms with Crippen molar-refractivity contribution < 1.29 is 33.6 Å². The number of carbonyl (C=O) groups excluding carboxylic acids is 2. The van der Waals surface area contributed by atoms with Gasteiger partial charge in [0, 0.05) is 0 Å². The summed E-state index contributed by atoms with van der Waals surface area (Å²) in [4.78, 5) is 22.4. The minimum absolute atomic E-state index is 0.0324. The van der Waals surface area contributed by atoms with Crippen molar-refractivity contribution in [1.29, 1.82) is 0 Å². The molecule has 0 aromatic carbocycles. The lowest BCUT2D eigenvalue weighted by molar-refractivity contribution is -0.160. The maximum Gasteiger partial charge on any atom is 0.335 e. The summed E-state index contributed by atoms with van der Waals surface area (Å²) in [6, 6.07) is 0. The lowest BCUT2D eigenvalue weighted by Crippen LogP contribution is -2.28. The van der Waals surface area contributed by atoms with Crippen LogP contribution in [-0.4, -0.2) is 61.8 Å². The Morgan fingerprint density at radius 2 is 1.71 bits per heavy atom. The molecule has 2 heterocycles. The van der Waals surface area contributed by atoms with Crippen molar-refractivity contribution in [3.63, 3.8) is 0 Å². The Balaban J connectivity index is 1.57. The number of carbonyl (C=O) groups is 2. The highest BCUT2D eigenvalue weighted by Gasteiger charge is 2.28. The predicted octanol–water partition coefficient (Wildman–Crippen LogP) is -1.38. The van der Waals surface area contributed by atoms with Gasteiger partial charge in [-0.05, 0) is 0 Å². The van der Waals surface area contributed by atoms with E-state index in [0.29, 0.717) is 13.2 Å². The number of hydrogen-bond donors (Lipinski definition) is 1. The molecule has 0 radical (unpaired) electrons. The minimum Gasteiger partial charge on any atom is -0.463 e. The first-order chi connectivity index (χ1) is 8.15. The Morgan fingerprint density at radius 3 is 2.24 bits per heavy atom. The fourth-order valence-corrected chi connectivity index (χ4v) is 1.09. The van der Waals surface area contributed by atoms with Gasteiger partial charge in [0.1, 0.15) is 25.4 Å². The van der Waals surface area contributed by atoms with Crippen LogP contribution in [0.1, 0.15) is 6.42 Å². The summed E-state index contributed by atoms with van der Waals surface area (Å²) in [6.07, 6.45) is -1.99. The molecule has 2 rings (SSSR count). The second-order valence-electron chi connectivity index (χ2n) is 3.94. The smallest absolute Gasteiger partial charge is 0.335 e. The number of rotatable bonds is 7. The van der Waals surface area contributed by atoms with Gasteiger partial charge in [0.2, 0.25) is 0 Å². The summed E-state index contributed by atoms with van der Waals surface area (Å²) in [7, 11) is 0. The summed E-state index contributed by atoms with van der Waals surface area (Å²) in [6.45, 7) is 1.42. The van der Waals surface area contributed by atoms with Crippen LogP contribution in [0.4, 0.5) is 0 Å². The molecule has 3 unspecified atom stereocenters. The third kappa shape index (κ3) is 4.68. The normalized spacial score (nSPS) is 27.1. The summed E-state index contributed by atoms with van der Waals surface area (Å²) in [5.41, 5.74) is 0. The van der Waals surface area contributed by atoms with Gasteiger partial charge >= 0.3 is 11.9 Å². The maximum atomic E-state index is 11.2. The molecule has 0 amide bonds. The van der Waals surface area contributed by atoms with Crippen LogP contribution in [0.2, 0.25) is 0 Å². The van der Waals surface area contributed by atoms with E-state index in [1.807, 2.05) is 0 Å². The lowest BCUT2D eigenvalue weighted by atomic mass is 10.2. The van der Waals surface area contributed by atoms with Crippen LogP contribution in [0.3, 0.4) is 0 Å². The van der Waals surface area contributed by atoms with Crippen LogP contribution >= 0.6 is 0 Å². The summed E-state index contributed by atoms with van der Waals surface area (Å²) in [5, 5.41) is 9.35. The number of epoxide rings is 2. The molecule has 1 N–H and O–H groups in total. The highest BCUT2D eigenvalue weighted by Crippen LogP contribution is 2.11. The van der Waals surface area contributed by atoms with Gasteiger partial charge in [0.15, 0.2) is 6.10 Å². The van der Waals surface area contributed by atoms with E-state index in [1.165, 1.54) is 0 Å². The molecular weight excluding hydrogens is 232 g/mol. The number of aliphatic hydroxyl groups is 1. The van der Waals surface area contributed by atoms with Gasteiger partial charge in [-0.25, -0.2) is 4.79 Å². The van der Waals surface area contributed by atoms with E-state index in [-0.39, 0.29) is 25.4 Å². The van der Waals surface area contributed by atoms with E-state index in [1.54, 1.807) is 0 Å². The molecule has 2 fully saturated rings. The molecule has 0 aliphatic carbocycles. The highest BCUT2D eigenvalue weighted by atomic mass is 16.6. The van der Waals surface area contributed by atoms with Crippen molar-refractivity contribution in [2.45, 2.75) is 24.7 Å². The molecule has 0 aromatic heterocycles. The van der Waals surface area contributed by atoms with Gasteiger partial charge in [-0.2, -0.15) is 0 Å². The SMILES string of the molecule is O=C(CC(O)C(=O)OCC1CO1)OCC1CO1. The van der Waals surface area contributed by atoms with Crippen LogP contribution < -0.4 is 0 Å². The average molecular weight is 246 g/mol. The van der Waals surface area contributed by atoms with Gasteiger partial charge in [-0.3, -0.25) is 4.79 Å². The van der Waals surface area contributed by atoms with Gasteiger partial charge < -0.3 is 24.1 Å². The molecular formula is C10H14O7. The standard InChI is InChI=1S/C10H14O7/c11-8(10(13)17-5-7-3-15-7)1-9(12)16-4-6-2-14-6/h6-8,11H,1-5H2. The van der Waals surface area contributed by atoms with E-state index in [2.05, 4.69) is 0 Å². The maximum absolute atomic E-state index is 11.2. The first-order valence-corrected chi connectivity index (χ1v) is 5.38. The predicted molar refractivity (Wildman–Crippen MR) is 52.0 cm³/mol.